The molecule has 0 aliphatic rings. The first-order valence-corrected chi connectivity index (χ1v) is 10.5. The molecule has 2 rings (SSSR count). The maximum atomic E-state index is 12.5. The highest BCUT2D eigenvalue weighted by molar-refractivity contribution is 7.89. The fraction of sp³-hybridized carbons (Fsp3) is 0.333. The molecular weight excluding hydrogens is 342 g/mol. The Morgan fingerprint density at radius 1 is 0.917 bits per heavy atom. The summed E-state index contributed by atoms with van der Waals surface area (Å²) in [7, 11) is -1.56. The summed E-state index contributed by atoms with van der Waals surface area (Å²) < 4.78 is 38.0. The smallest absolute Gasteiger partial charge is 0.242 e. The zero-order chi connectivity index (χ0) is 17.9. The minimum Gasteiger partial charge on any atom is -0.259 e. The third-order valence-corrected chi connectivity index (χ3v) is 6.74. The topological polar surface area (TPSA) is 54.5 Å². The fourth-order valence-electron chi connectivity index (χ4n) is 2.58. The molecule has 0 N–H and O–H groups in total. The zero-order valence-corrected chi connectivity index (χ0v) is 16.1. The van der Waals surface area contributed by atoms with Crippen molar-refractivity contribution in [2.75, 3.05) is 14.1 Å². The number of benzene rings is 2. The maximum Gasteiger partial charge on any atom is 0.242 e. The Hall–Kier alpha value is -1.50. The highest BCUT2D eigenvalue weighted by atomic mass is 32.2. The quantitative estimate of drug-likeness (QED) is 0.791. The molecule has 130 valence electrons. The van der Waals surface area contributed by atoms with E-state index in [0.717, 1.165) is 22.3 Å². The summed E-state index contributed by atoms with van der Waals surface area (Å²) in [5.41, 5.74) is 4.12. The highest BCUT2D eigenvalue weighted by Gasteiger charge is 2.17. The van der Waals surface area contributed by atoms with Gasteiger partial charge in [0.05, 0.1) is 4.90 Å². The average Bonchev–Trinajstić information content (AvgIpc) is 2.45. The van der Waals surface area contributed by atoms with Crippen molar-refractivity contribution in [3.8, 4) is 0 Å². The van der Waals surface area contributed by atoms with Gasteiger partial charge in [-0.25, -0.2) is 12.7 Å². The molecule has 1 atom stereocenters. The molecule has 0 amide bonds. The van der Waals surface area contributed by atoms with Gasteiger partial charge >= 0.3 is 0 Å². The van der Waals surface area contributed by atoms with E-state index in [9.17, 15) is 12.6 Å². The van der Waals surface area contributed by atoms with Crippen molar-refractivity contribution in [1.82, 2.24) is 4.31 Å². The molecule has 6 heteroatoms. The van der Waals surface area contributed by atoms with E-state index in [4.69, 9.17) is 0 Å². The van der Waals surface area contributed by atoms with Crippen LogP contribution in [0.4, 0.5) is 0 Å². The van der Waals surface area contributed by atoms with Gasteiger partial charge in [0.1, 0.15) is 0 Å². The molecule has 0 unspecified atom stereocenters. The third-order valence-electron chi connectivity index (χ3n) is 3.61. The lowest BCUT2D eigenvalue weighted by molar-refractivity contribution is 0.520. The predicted octanol–water partition coefficient (Wildman–Crippen LogP) is 3.00. The van der Waals surface area contributed by atoms with Crippen LogP contribution in [0, 0.1) is 13.8 Å². The monoisotopic (exact) mass is 365 g/mol. The van der Waals surface area contributed by atoms with E-state index in [2.05, 4.69) is 6.07 Å². The summed E-state index contributed by atoms with van der Waals surface area (Å²) in [6, 6.07) is 12.8. The van der Waals surface area contributed by atoms with Gasteiger partial charge in [-0.15, -0.1) is 0 Å². The minimum atomic E-state index is -3.47. The summed E-state index contributed by atoms with van der Waals surface area (Å²) in [6.45, 7) is 4.05. The van der Waals surface area contributed by atoms with Gasteiger partial charge in [0.15, 0.2) is 0 Å². The zero-order valence-electron chi connectivity index (χ0n) is 14.4. The van der Waals surface area contributed by atoms with E-state index < -0.39 is 20.8 Å². The molecular formula is C18H23NO3S2. The largest absolute Gasteiger partial charge is 0.259 e. The van der Waals surface area contributed by atoms with Gasteiger partial charge in [0, 0.05) is 36.4 Å². The lowest BCUT2D eigenvalue weighted by Gasteiger charge is -2.12. The molecule has 24 heavy (non-hydrogen) atoms. The van der Waals surface area contributed by atoms with E-state index in [-0.39, 0.29) is 4.90 Å². The Bertz CT molecular complexity index is 838. The first-order chi connectivity index (χ1) is 11.2. The number of nitrogens with zero attached hydrogens (tertiary/aromatic N) is 1. The number of sulfonamides is 1. The predicted molar refractivity (Wildman–Crippen MR) is 98.8 cm³/mol. The van der Waals surface area contributed by atoms with Gasteiger partial charge in [-0.3, -0.25) is 4.21 Å². The summed E-state index contributed by atoms with van der Waals surface area (Å²) in [5, 5.41) is 0. The molecule has 2 aromatic carbocycles. The summed E-state index contributed by atoms with van der Waals surface area (Å²) in [6.07, 6.45) is 0. The Morgan fingerprint density at radius 3 is 2.08 bits per heavy atom. The molecule has 4 nitrogen and oxygen atoms in total. The Morgan fingerprint density at radius 2 is 1.50 bits per heavy atom. The van der Waals surface area contributed by atoms with Crippen LogP contribution < -0.4 is 0 Å². The van der Waals surface area contributed by atoms with E-state index in [1.807, 2.05) is 32.0 Å². The Labute approximate surface area is 147 Å². The van der Waals surface area contributed by atoms with Crippen LogP contribution in [0.5, 0.6) is 0 Å². The van der Waals surface area contributed by atoms with Crippen molar-refractivity contribution in [2.45, 2.75) is 30.2 Å². The van der Waals surface area contributed by atoms with E-state index in [0.29, 0.717) is 11.5 Å². The maximum absolute atomic E-state index is 12.5. The highest BCUT2D eigenvalue weighted by Crippen LogP contribution is 2.17. The molecule has 0 aliphatic carbocycles. The SMILES string of the molecule is Cc1cc(C)cc(C[S@](=O)Cc2cccc(S(=O)(=O)N(C)C)c2)c1. The second kappa shape index (κ2) is 7.59. The fourth-order valence-corrected chi connectivity index (χ4v) is 4.75. The van der Waals surface area contributed by atoms with Gasteiger partial charge in [-0.05, 0) is 37.1 Å². The first-order valence-electron chi connectivity index (χ1n) is 7.62. The Kier molecular flexibility index (Phi) is 5.96. The molecule has 0 aliphatic heterocycles. The van der Waals surface area contributed by atoms with Crippen LogP contribution in [0.2, 0.25) is 0 Å². The number of rotatable bonds is 6. The van der Waals surface area contributed by atoms with E-state index in [1.165, 1.54) is 18.4 Å². The molecule has 0 spiro atoms. The molecule has 0 heterocycles. The van der Waals surface area contributed by atoms with Crippen LogP contribution in [0.3, 0.4) is 0 Å². The van der Waals surface area contributed by atoms with Crippen LogP contribution in [-0.4, -0.2) is 31.0 Å². The molecule has 0 aromatic heterocycles. The second-order valence-corrected chi connectivity index (χ2v) is 9.77. The average molecular weight is 366 g/mol. The number of hydrogen-bond donors (Lipinski definition) is 0. The van der Waals surface area contributed by atoms with Crippen LogP contribution in [0.15, 0.2) is 47.4 Å². The molecule has 0 radical (unpaired) electrons. The Balaban J connectivity index is 2.15. The van der Waals surface area contributed by atoms with Crippen LogP contribution in [-0.2, 0) is 32.3 Å². The lowest BCUT2D eigenvalue weighted by atomic mass is 10.1. The molecule has 0 fully saturated rings. The van der Waals surface area contributed by atoms with Crippen molar-refractivity contribution in [1.29, 1.82) is 0 Å². The second-order valence-electron chi connectivity index (χ2n) is 6.16. The third kappa shape index (κ3) is 4.75. The van der Waals surface area contributed by atoms with E-state index >= 15 is 0 Å². The van der Waals surface area contributed by atoms with Crippen LogP contribution in [0.25, 0.3) is 0 Å². The standard InChI is InChI=1S/C18H23NO3S2/c1-14-8-15(2)10-17(9-14)13-23(20)12-16-6-5-7-18(11-16)24(21,22)19(3)4/h5-11H,12-13H2,1-4H3/t23-/m1/s1. The summed E-state index contributed by atoms with van der Waals surface area (Å²) in [4.78, 5) is 0.230. The van der Waals surface area contributed by atoms with Crippen molar-refractivity contribution < 1.29 is 12.6 Å². The molecule has 2 aromatic rings. The van der Waals surface area contributed by atoms with Gasteiger partial charge in [-0.1, -0.05) is 41.5 Å². The van der Waals surface area contributed by atoms with Crippen molar-refractivity contribution in [2.24, 2.45) is 0 Å². The van der Waals surface area contributed by atoms with Crippen molar-refractivity contribution >= 4 is 20.8 Å². The molecule has 0 saturated carbocycles. The van der Waals surface area contributed by atoms with Gasteiger partial charge < -0.3 is 0 Å². The first kappa shape index (κ1) is 18.8. The summed E-state index contributed by atoms with van der Waals surface area (Å²) in [5.74, 6) is 0.803. The van der Waals surface area contributed by atoms with Crippen LogP contribution in [0.1, 0.15) is 22.3 Å². The lowest BCUT2D eigenvalue weighted by Crippen LogP contribution is -2.22. The minimum absolute atomic E-state index is 0.230. The number of hydrogen-bond acceptors (Lipinski definition) is 3. The van der Waals surface area contributed by atoms with Gasteiger partial charge in [-0.2, -0.15) is 0 Å². The van der Waals surface area contributed by atoms with E-state index in [1.54, 1.807) is 18.2 Å². The van der Waals surface area contributed by atoms with Gasteiger partial charge in [0.25, 0.3) is 0 Å². The molecule has 0 saturated heterocycles. The molecule has 0 bridgehead atoms. The van der Waals surface area contributed by atoms with Crippen LogP contribution >= 0.6 is 0 Å². The number of aryl methyl sites for hydroxylation is 2. The normalized spacial score (nSPS) is 13.2. The van der Waals surface area contributed by atoms with Crippen molar-refractivity contribution in [3.05, 3.63) is 64.7 Å². The summed E-state index contributed by atoms with van der Waals surface area (Å²) >= 11 is 0. The van der Waals surface area contributed by atoms with Gasteiger partial charge in [0.2, 0.25) is 10.0 Å². The van der Waals surface area contributed by atoms with Crippen molar-refractivity contribution in [3.63, 3.8) is 0 Å².